The minimum Gasteiger partial charge on any atom is -0.472 e. The third-order valence-electron chi connectivity index (χ3n) is 5.72. The molecule has 5 heteroatoms. The van der Waals surface area contributed by atoms with E-state index in [9.17, 15) is 9.90 Å². The fraction of sp³-hybridized carbons (Fsp3) is 0.632. The molecule has 1 aromatic rings. The predicted octanol–water partition coefficient (Wildman–Crippen LogP) is 4.63. The van der Waals surface area contributed by atoms with E-state index in [1.54, 1.807) is 6.07 Å². The zero-order valence-electron chi connectivity index (χ0n) is 15.7. The molecule has 0 saturated heterocycles. The summed E-state index contributed by atoms with van der Waals surface area (Å²) in [6.45, 7) is 13.1. The van der Waals surface area contributed by atoms with Crippen molar-refractivity contribution in [2.24, 2.45) is 5.41 Å². The first-order valence-electron chi connectivity index (χ1n) is 8.57. The zero-order valence-corrected chi connectivity index (χ0v) is 16.7. The van der Waals surface area contributed by atoms with Gasteiger partial charge in [0.1, 0.15) is 0 Å². The lowest BCUT2D eigenvalue weighted by molar-refractivity contribution is -0.132. The van der Waals surface area contributed by atoms with Gasteiger partial charge in [0.2, 0.25) is 0 Å². The Morgan fingerprint density at radius 2 is 2.08 bits per heavy atom. The topological polar surface area (TPSA) is 59.7 Å². The second-order valence-electron chi connectivity index (χ2n) is 8.52. The van der Waals surface area contributed by atoms with Crippen LogP contribution in [0.5, 0.6) is 0 Å². The van der Waals surface area contributed by atoms with E-state index in [-0.39, 0.29) is 10.8 Å². The highest BCUT2D eigenvalue weighted by Gasteiger charge is 2.45. The maximum Gasteiger partial charge on any atom is 0.192 e. The van der Waals surface area contributed by atoms with Crippen LogP contribution in [0, 0.1) is 5.41 Å². The third kappa shape index (κ3) is 3.58. The van der Waals surface area contributed by atoms with E-state index in [1.165, 1.54) is 12.5 Å². The average Bonchev–Trinajstić information content (AvgIpc) is 3.01. The Balaban J connectivity index is 2.14. The molecule has 0 amide bonds. The number of aliphatic hydroxyl groups excluding tert-OH is 1. The molecule has 0 bridgehead atoms. The molecule has 24 heavy (non-hydrogen) atoms. The summed E-state index contributed by atoms with van der Waals surface area (Å²) in [6.07, 6.45) is 5.54. The molecule has 0 radical (unpaired) electrons. The molecule has 0 aromatic carbocycles. The first-order chi connectivity index (χ1) is 11.0. The molecule has 0 fully saturated rings. The number of hydrogen-bond acceptors (Lipinski definition) is 4. The van der Waals surface area contributed by atoms with Crippen molar-refractivity contribution in [2.75, 3.05) is 6.61 Å². The van der Waals surface area contributed by atoms with Crippen molar-refractivity contribution in [3.63, 3.8) is 0 Å². The number of carbonyl (C=O) groups excluding carboxylic acids is 1. The van der Waals surface area contributed by atoms with E-state index < -0.39 is 19.8 Å². The molecule has 0 spiro atoms. The van der Waals surface area contributed by atoms with E-state index in [0.717, 1.165) is 6.42 Å². The fourth-order valence-electron chi connectivity index (χ4n) is 2.78. The summed E-state index contributed by atoms with van der Waals surface area (Å²) < 4.78 is 11.3. The second-order valence-corrected chi connectivity index (χ2v) is 13.3. The number of allylic oxidation sites excluding steroid dienone is 1. The van der Waals surface area contributed by atoms with Crippen molar-refractivity contribution in [1.82, 2.24) is 0 Å². The van der Waals surface area contributed by atoms with E-state index in [4.69, 9.17) is 8.84 Å². The Hall–Kier alpha value is -1.17. The van der Waals surface area contributed by atoms with Crippen molar-refractivity contribution >= 4 is 14.1 Å². The van der Waals surface area contributed by atoms with Gasteiger partial charge in [-0.05, 0) is 44.0 Å². The lowest BCUT2D eigenvalue weighted by Crippen LogP contribution is -2.43. The van der Waals surface area contributed by atoms with Gasteiger partial charge in [-0.3, -0.25) is 4.79 Å². The standard InChI is InChI=1S/C19H30O4Si/c1-18(2,3)24(5,6)23-13-14-8-7-10-19(4,16(14)20)17(21)15-9-11-22-12-15/h8-9,11-12,17,21H,7,10,13H2,1-6H3/t17-,19+/m0/s1. The molecule has 1 aliphatic rings. The average molecular weight is 351 g/mol. The van der Waals surface area contributed by atoms with Crippen LogP contribution >= 0.6 is 0 Å². The van der Waals surface area contributed by atoms with Gasteiger partial charge in [0.15, 0.2) is 14.1 Å². The molecule has 2 rings (SSSR count). The lowest BCUT2D eigenvalue weighted by atomic mass is 9.69. The van der Waals surface area contributed by atoms with Crippen molar-refractivity contribution in [3.05, 3.63) is 35.8 Å². The summed E-state index contributed by atoms with van der Waals surface area (Å²) in [5.74, 6) is -0.0128. The molecule has 1 N–H and O–H groups in total. The summed E-state index contributed by atoms with van der Waals surface area (Å²) in [5.41, 5.74) is 0.513. The molecule has 0 aliphatic heterocycles. The highest BCUT2D eigenvalue weighted by atomic mass is 28.4. The van der Waals surface area contributed by atoms with Gasteiger partial charge in [0, 0.05) is 11.1 Å². The van der Waals surface area contributed by atoms with Gasteiger partial charge in [0.25, 0.3) is 0 Å². The van der Waals surface area contributed by atoms with E-state index >= 15 is 0 Å². The SMILES string of the molecule is CC(C)(C)[Si](C)(C)OCC1=CCC[C@@](C)([C@@H](O)c2ccoc2)C1=O. The lowest BCUT2D eigenvalue weighted by Gasteiger charge is -2.39. The van der Waals surface area contributed by atoms with Gasteiger partial charge < -0.3 is 13.9 Å². The maximum atomic E-state index is 13.0. The highest BCUT2D eigenvalue weighted by molar-refractivity contribution is 6.74. The molecule has 0 saturated carbocycles. The molecule has 134 valence electrons. The number of furan rings is 1. The Kier molecular flexibility index (Phi) is 5.28. The third-order valence-corrected chi connectivity index (χ3v) is 10.2. The zero-order chi connectivity index (χ0) is 18.2. The summed E-state index contributed by atoms with van der Waals surface area (Å²) in [5, 5.41) is 10.8. The van der Waals surface area contributed by atoms with Gasteiger partial charge in [-0.25, -0.2) is 0 Å². The van der Waals surface area contributed by atoms with Gasteiger partial charge in [-0.15, -0.1) is 0 Å². The van der Waals surface area contributed by atoms with Gasteiger partial charge in [0.05, 0.1) is 30.7 Å². The van der Waals surface area contributed by atoms with Crippen LogP contribution in [0.3, 0.4) is 0 Å². The van der Waals surface area contributed by atoms with Crippen LogP contribution in [0.4, 0.5) is 0 Å². The molecule has 2 atom stereocenters. The molecular weight excluding hydrogens is 320 g/mol. The molecular formula is C19H30O4Si. The quantitative estimate of drug-likeness (QED) is 0.787. The van der Waals surface area contributed by atoms with Crippen LogP contribution < -0.4 is 0 Å². The van der Waals surface area contributed by atoms with Gasteiger partial charge in [-0.1, -0.05) is 26.8 Å². The van der Waals surface area contributed by atoms with Crippen LogP contribution in [0.2, 0.25) is 18.1 Å². The summed E-state index contributed by atoms with van der Waals surface area (Å²) >= 11 is 0. The van der Waals surface area contributed by atoms with Gasteiger partial charge in [-0.2, -0.15) is 0 Å². The Morgan fingerprint density at radius 1 is 1.42 bits per heavy atom. The number of aliphatic hydroxyl groups is 1. The van der Waals surface area contributed by atoms with Crippen molar-refractivity contribution in [2.45, 2.75) is 64.8 Å². The molecule has 0 unspecified atom stereocenters. The molecule has 1 heterocycles. The highest BCUT2D eigenvalue weighted by Crippen LogP contribution is 2.44. The minimum absolute atomic E-state index is 0.0128. The monoisotopic (exact) mass is 350 g/mol. The fourth-order valence-corrected chi connectivity index (χ4v) is 3.73. The number of Topliss-reactive ketones (excluding diaryl/α,β-unsaturated/α-hetero) is 1. The number of ketones is 1. The molecule has 1 aliphatic carbocycles. The van der Waals surface area contributed by atoms with Crippen LogP contribution in [0.25, 0.3) is 0 Å². The van der Waals surface area contributed by atoms with Crippen LogP contribution in [0.1, 0.15) is 52.2 Å². The van der Waals surface area contributed by atoms with Crippen LogP contribution in [-0.2, 0) is 9.22 Å². The van der Waals surface area contributed by atoms with Gasteiger partial charge >= 0.3 is 0 Å². The van der Waals surface area contributed by atoms with Crippen LogP contribution in [-0.4, -0.2) is 25.8 Å². The minimum atomic E-state index is -1.92. The van der Waals surface area contributed by atoms with Crippen LogP contribution in [0.15, 0.2) is 34.7 Å². The second kappa shape index (κ2) is 6.62. The van der Waals surface area contributed by atoms with Crippen molar-refractivity contribution in [1.29, 1.82) is 0 Å². The molecule has 1 aromatic heterocycles. The summed E-state index contributed by atoms with van der Waals surface area (Å²) in [4.78, 5) is 13.0. The number of carbonyl (C=O) groups is 1. The first-order valence-corrected chi connectivity index (χ1v) is 11.5. The van der Waals surface area contributed by atoms with E-state index in [0.29, 0.717) is 24.2 Å². The van der Waals surface area contributed by atoms with E-state index in [1.807, 2.05) is 13.0 Å². The Labute approximate surface area is 146 Å². The predicted molar refractivity (Wildman–Crippen MR) is 97.2 cm³/mol. The smallest absolute Gasteiger partial charge is 0.192 e. The summed E-state index contributed by atoms with van der Waals surface area (Å²) in [6, 6.07) is 1.72. The normalized spacial score (nSPS) is 24.0. The maximum absolute atomic E-state index is 13.0. The van der Waals surface area contributed by atoms with Crippen molar-refractivity contribution in [3.8, 4) is 0 Å². The molecule has 4 nitrogen and oxygen atoms in total. The number of rotatable bonds is 5. The number of hydrogen-bond donors (Lipinski definition) is 1. The Bertz CT molecular complexity index is 610. The van der Waals surface area contributed by atoms with E-state index in [2.05, 4.69) is 33.9 Å². The first kappa shape index (κ1) is 19.2. The Morgan fingerprint density at radius 3 is 2.62 bits per heavy atom. The summed E-state index contributed by atoms with van der Waals surface area (Å²) in [7, 11) is -1.92. The largest absolute Gasteiger partial charge is 0.472 e. The van der Waals surface area contributed by atoms with Crippen molar-refractivity contribution < 1.29 is 18.7 Å².